The van der Waals surface area contributed by atoms with Crippen LogP contribution < -0.4 is 10.1 Å². The van der Waals surface area contributed by atoms with Gasteiger partial charge in [0.05, 0.1) is 7.11 Å². The number of amides is 1. The van der Waals surface area contributed by atoms with E-state index >= 15 is 0 Å². The van der Waals surface area contributed by atoms with Crippen molar-refractivity contribution in [3.63, 3.8) is 0 Å². The minimum absolute atomic E-state index is 0.268. The molecule has 0 aliphatic heterocycles. The molecular weight excluding hydrogens is 408 g/mol. The number of nitrogens with zero attached hydrogens (tertiary/aromatic N) is 1. The van der Waals surface area contributed by atoms with E-state index in [-0.39, 0.29) is 5.91 Å². The van der Waals surface area contributed by atoms with E-state index in [9.17, 15) is 4.79 Å². The normalized spacial score (nSPS) is 11.2. The highest BCUT2D eigenvalue weighted by molar-refractivity contribution is 7.15. The van der Waals surface area contributed by atoms with Gasteiger partial charge in [-0.1, -0.05) is 23.7 Å². The molecule has 146 valence electrons. The highest BCUT2D eigenvalue weighted by Crippen LogP contribution is 2.25. The summed E-state index contributed by atoms with van der Waals surface area (Å²) in [5.74, 6) is 1.08. The third-order valence-corrected chi connectivity index (χ3v) is 5.38. The Morgan fingerprint density at radius 1 is 1.24 bits per heavy atom. The molecule has 0 saturated carbocycles. The largest absolute Gasteiger partial charge is 0.497 e. The van der Waals surface area contributed by atoms with Crippen molar-refractivity contribution in [2.75, 3.05) is 12.4 Å². The van der Waals surface area contributed by atoms with Gasteiger partial charge >= 0.3 is 0 Å². The van der Waals surface area contributed by atoms with Crippen LogP contribution in [0.15, 0.2) is 65.2 Å². The first-order valence-corrected chi connectivity index (χ1v) is 10.0. The van der Waals surface area contributed by atoms with Crippen LogP contribution >= 0.6 is 22.9 Å². The van der Waals surface area contributed by atoms with Crippen LogP contribution in [0.2, 0.25) is 5.02 Å². The summed E-state index contributed by atoms with van der Waals surface area (Å²) < 4.78 is 10.9. The standard InChI is InChI=1S/C22H17ClN2O3S/c1-27-17-6-8-20-15(11-17)12-18(28-20)7-9-21(26)25-22-24-13-19(29-22)10-14-2-4-16(23)5-3-14/h2-9,11-13H,10H2,1H3,(H,24,25,26)/b9-7+. The van der Waals surface area contributed by atoms with E-state index in [1.165, 1.54) is 17.4 Å². The topological polar surface area (TPSA) is 64.4 Å². The van der Waals surface area contributed by atoms with Gasteiger partial charge in [-0.25, -0.2) is 4.98 Å². The molecule has 0 radical (unpaired) electrons. The second-order valence-corrected chi connectivity index (χ2v) is 7.86. The number of nitrogens with one attached hydrogen (secondary N) is 1. The molecule has 2 heterocycles. The first-order valence-electron chi connectivity index (χ1n) is 8.85. The fraction of sp³-hybridized carbons (Fsp3) is 0.0909. The van der Waals surface area contributed by atoms with E-state index < -0.39 is 0 Å². The molecule has 0 saturated heterocycles. The maximum Gasteiger partial charge on any atom is 0.250 e. The number of carbonyl (C=O) groups excluding carboxylic acids is 1. The van der Waals surface area contributed by atoms with Crippen molar-refractivity contribution in [3.8, 4) is 5.75 Å². The molecule has 4 rings (SSSR count). The highest BCUT2D eigenvalue weighted by Gasteiger charge is 2.07. The molecule has 0 spiro atoms. The summed E-state index contributed by atoms with van der Waals surface area (Å²) >= 11 is 7.35. The first-order chi connectivity index (χ1) is 14.1. The number of aromatic nitrogens is 1. The van der Waals surface area contributed by atoms with Crippen molar-refractivity contribution >= 4 is 51.0 Å². The van der Waals surface area contributed by atoms with Crippen molar-refractivity contribution in [1.82, 2.24) is 4.98 Å². The Balaban J connectivity index is 1.38. The molecule has 0 unspecified atom stereocenters. The lowest BCUT2D eigenvalue weighted by atomic mass is 10.1. The summed E-state index contributed by atoms with van der Waals surface area (Å²) in [5.41, 5.74) is 1.87. The maximum atomic E-state index is 12.2. The Hall–Kier alpha value is -3.09. The molecule has 2 aromatic carbocycles. The smallest absolute Gasteiger partial charge is 0.250 e. The number of methoxy groups -OCH3 is 1. The van der Waals surface area contributed by atoms with Gasteiger partial charge in [-0.15, -0.1) is 11.3 Å². The van der Waals surface area contributed by atoms with Gasteiger partial charge in [0.1, 0.15) is 17.1 Å². The average Bonchev–Trinajstić information content (AvgIpc) is 3.33. The molecule has 0 aliphatic rings. The highest BCUT2D eigenvalue weighted by atomic mass is 35.5. The fourth-order valence-corrected chi connectivity index (χ4v) is 3.78. The zero-order valence-electron chi connectivity index (χ0n) is 15.5. The van der Waals surface area contributed by atoms with Crippen LogP contribution in [0.1, 0.15) is 16.2 Å². The second kappa shape index (κ2) is 8.51. The number of anilines is 1. The average molecular weight is 425 g/mol. The monoisotopic (exact) mass is 424 g/mol. The quantitative estimate of drug-likeness (QED) is 0.397. The molecule has 0 atom stereocenters. The van der Waals surface area contributed by atoms with E-state index in [1.54, 1.807) is 19.4 Å². The Morgan fingerprint density at radius 2 is 2.07 bits per heavy atom. The molecule has 1 amide bonds. The van der Waals surface area contributed by atoms with Crippen LogP contribution in [0.3, 0.4) is 0 Å². The number of carbonyl (C=O) groups is 1. The molecule has 4 aromatic rings. The zero-order chi connectivity index (χ0) is 20.2. The van der Waals surface area contributed by atoms with E-state index in [0.29, 0.717) is 15.9 Å². The maximum absolute atomic E-state index is 12.2. The molecule has 29 heavy (non-hydrogen) atoms. The molecule has 7 heteroatoms. The van der Waals surface area contributed by atoms with E-state index in [0.717, 1.165) is 33.6 Å². The molecule has 0 aliphatic carbocycles. The van der Waals surface area contributed by atoms with Crippen molar-refractivity contribution in [3.05, 3.63) is 82.0 Å². The summed E-state index contributed by atoms with van der Waals surface area (Å²) in [7, 11) is 1.62. The van der Waals surface area contributed by atoms with Crippen molar-refractivity contribution in [1.29, 1.82) is 0 Å². The van der Waals surface area contributed by atoms with Crippen LogP contribution in [0.25, 0.3) is 17.0 Å². The van der Waals surface area contributed by atoms with Gasteiger partial charge in [0.15, 0.2) is 5.13 Å². The molecule has 0 fully saturated rings. The molecular formula is C22H17ClN2O3S. The van der Waals surface area contributed by atoms with Gasteiger partial charge in [0, 0.05) is 34.0 Å². The third kappa shape index (κ3) is 4.85. The van der Waals surface area contributed by atoms with Crippen LogP contribution in [0.4, 0.5) is 5.13 Å². The SMILES string of the molecule is COc1ccc2oc(/C=C/C(=O)Nc3ncc(Cc4ccc(Cl)cc4)s3)cc2c1. The lowest BCUT2D eigenvalue weighted by Gasteiger charge is -1.98. The van der Waals surface area contributed by atoms with E-state index in [2.05, 4.69) is 10.3 Å². The minimum Gasteiger partial charge on any atom is -0.497 e. The predicted molar refractivity (Wildman–Crippen MR) is 117 cm³/mol. The Bertz CT molecular complexity index is 1180. The van der Waals surface area contributed by atoms with Gasteiger partial charge in [-0.2, -0.15) is 0 Å². The minimum atomic E-state index is -0.268. The van der Waals surface area contributed by atoms with Gasteiger partial charge < -0.3 is 9.15 Å². The van der Waals surface area contributed by atoms with Crippen LogP contribution in [0, 0.1) is 0 Å². The van der Waals surface area contributed by atoms with Crippen LogP contribution in [-0.2, 0) is 11.2 Å². The van der Waals surface area contributed by atoms with Crippen molar-refractivity contribution in [2.45, 2.75) is 6.42 Å². The van der Waals surface area contributed by atoms with Crippen LogP contribution in [-0.4, -0.2) is 18.0 Å². The number of halogens is 1. The van der Waals surface area contributed by atoms with Crippen molar-refractivity contribution < 1.29 is 13.9 Å². The summed E-state index contributed by atoms with van der Waals surface area (Å²) in [4.78, 5) is 17.5. The Kier molecular flexibility index (Phi) is 5.64. The van der Waals surface area contributed by atoms with E-state index in [4.69, 9.17) is 20.8 Å². The number of fused-ring (bicyclic) bond motifs is 1. The molecule has 1 N–H and O–H groups in total. The summed E-state index contributed by atoms with van der Waals surface area (Å²) in [6.07, 6.45) is 5.56. The van der Waals surface area contributed by atoms with Crippen LogP contribution in [0.5, 0.6) is 5.75 Å². The van der Waals surface area contributed by atoms with E-state index in [1.807, 2.05) is 48.5 Å². The number of rotatable bonds is 6. The number of furan rings is 1. The van der Waals surface area contributed by atoms with Gasteiger partial charge in [0.25, 0.3) is 0 Å². The number of thiazole rings is 1. The third-order valence-electron chi connectivity index (χ3n) is 4.22. The summed E-state index contributed by atoms with van der Waals surface area (Å²) in [6, 6.07) is 15.1. The number of ether oxygens (including phenoxy) is 1. The lowest BCUT2D eigenvalue weighted by Crippen LogP contribution is -2.06. The lowest BCUT2D eigenvalue weighted by molar-refractivity contribution is -0.111. The summed E-state index contributed by atoms with van der Waals surface area (Å²) in [5, 5.41) is 4.95. The molecule has 2 aromatic heterocycles. The fourth-order valence-electron chi connectivity index (χ4n) is 2.81. The number of benzene rings is 2. The number of hydrogen-bond acceptors (Lipinski definition) is 5. The zero-order valence-corrected chi connectivity index (χ0v) is 17.1. The number of hydrogen-bond donors (Lipinski definition) is 1. The summed E-state index contributed by atoms with van der Waals surface area (Å²) in [6.45, 7) is 0. The first kappa shape index (κ1) is 19.2. The van der Waals surface area contributed by atoms with Gasteiger partial charge in [0.2, 0.25) is 5.91 Å². The molecule has 0 bridgehead atoms. The van der Waals surface area contributed by atoms with Gasteiger partial charge in [-0.05, 0) is 48.0 Å². The molecule has 5 nitrogen and oxygen atoms in total. The Morgan fingerprint density at radius 3 is 2.86 bits per heavy atom. The predicted octanol–water partition coefficient (Wildman–Crippen LogP) is 5.79. The van der Waals surface area contributed by atoms with Crippen molar-refractivity contribution in [2.24, 2.45) is 0 Å². The van der Waals surface area contributed by atoms with Gasteiger partial charge in [-0.3, -0.25) is 10.1 Å². The Labute approximate surface area is 176 Å². The second-order valence-electron chi connectivity index (χ2n) is 6.31.